The molecule has 0 fully saturated rings. The van der Waals surface area contributed by atoms with E-state index in [9.17, 15) is 19.7 Å². The van der Waals surface area contributed by atoms with Crippen LogP contribution in [-0.2, 0) is 9.53 Å². The van der Waals surface area contributed by atoms with Crippen LogP contribution in [0.3, 0.4) is 0 Å². The second-order valence-corrected chi connectivity index (χ2v) is 7.75. The first-order valence-electron chi connectivity index (χ1n) is 8.56. The molecule has 0 saturated heterocycles. The lowest BCUT2D eigenvalue weighted by Crippen LogP contribution is -2.11. The first-order valence-corrected chi connectivity index (χ1v) is 10.3. The second kappa shape index (κ2) is 9.26. The Balaban J connectivity index is 1.90. The molecule has 1 N–H and O–H groups in total. The number of hydrogen-bond acceptors (Lipinski definition) is 7. The van der Waals surface area contributed by atoms with Crippen LogP contribution in [0, 0.1) is 10.1 Å². The summed E-state index contributed by atoms with van der Waals surface area (Å²) in [6.07, 6.45) is 3.06. The molecule has 0 unspecified atom stereocenters. The quantitative estimate of drug-likeness (QED) is 0.241. The SMILES string of the molecule is CCOC(=O)c1sc(-c2cccc([N+](=O)[O-])c2)cc1NC(=O)/C=C/c1cccs1. The summed E-state index contributed by atoms with van der Waals surface area (Å²) in [6.45, 7) is 1.88. The van der Waals surface area contributed by atoms with Crippen molar-refractivity contribution in [3.05, 3.63) is 73.8 Å². The van der Waals surface area contributed by atoms with Crippen molar-refractivity contribution < 1.29 is 19.2 Å². The Morgan fingerprint density at radius 1 is 1.24 bits per heavy atom. The van der Waals surface area contributed by atoms with Gasteiger partial charge in [-0.15, -0.1) is 22.7 Å². The third-order valence-corrected chi connectivity index (χ3v) is 5.74. The monoisotopic (exact) mass is 428 g/mol. The van der Waals surface area contributed by atoms with Crippen LogP contribution in [0.4, 0.5) is 11.4 Å². The molecule has 3 aromatic rings. The Morgan fingerprint density at radius 3 is 2.76 bits per heavy atom. The summed E-state index contributed by atoms with van der Waals surface area (Å²) in [5, 5.41) is 15.6. The van der Waals surface area contributed by atoms with Crippen molar-refractivity contribution in [3.63, 3.8) is 0 Å². The van der Waals surface area contributed by atoms with Crippen molar-refractivity contribution in [2.45, 2.75) is 6.92 Å². The molecule has 3 rings (SSSR count). The van der Waals surface area contributed by atoms with Crippen molar-refractivity contribution in [2.24, 2.45) is 0 Å². The highest BCUT2D eigenvalue weighted by atomic mass is 32.1. The number of non-ortho nitro benzene ring substituents is 1. The lowest BCUT2D eigenvalue weighted by Gasteiger charge is -2.03. The van der Waals surface area contributed by atoms with E-state index in [0.29, 0.717) is 16.1 Å². The number of nitrogens with one attached hydrogen (secondary N) is 1. The minimum absolute atomic E-state index is 0.0574. The molecule has 9 heteroatoms. The van der Waals surface area contributed by atoms with Crippen molar-refractivity contribution >= 4 is 52.0 Å². The van der Waals surface area contributed by atoms with Crippen LogP contribution in [0.2, 0.25) is 0 Å². The van der Waals surface area contributed by atoms with E-state index in [2.05, 4.69) is 5.32 Å². The van der Waals surface area contributed by atoms with Gasteiger partial charge < -0.3 is 10.1 Å². The average Bonchev–Trinajstić information content (AvgIpc) is 3.36. The lowest BCUT2D eigenvalue weighted by atomic mass is 10.1. The van der Waals surface area contributed by atoms with Gasteiger partial charge in [0.25, 0.3) is 5.69 Å². The molecule has 0 bridgehead atoms. The number of carbonyl (C=O) groups excluding carboxylic acids is 2. The van der Waals surface area contributed by atoms with Crippen LogP contribution in [0.25, 0.3) is 16.5 Å². The maximum Gasteiger partial charge on any atom is 0.350 e. The Morgan fingerprint density at radius 2 is 2.07 bits per heavy atom. The zero-order valence-corrected chi connectivity index (χ0v) is 16.9. The van der Waals surface area contributed by atoms with E-state index in [1.54, 1.807) is 31.2 Å². The van der Waals surface area contributed by atoms with E-state index >= 15 is 0 Å². The van der Waals surface area contributed by atoms with E-state index < -0.39 is 16.8 Å². The predicted molar refractivity (Wildman–Crippen MR) is 114 cm³/mol. The largest absolute Gasteiger partial charge is 0.462 e. The van der Waals surface area contributed by atoms with Crippen LogP contribution in [0.15, 0.2) is 53.9 Å². The number of rotatable bonds is 7. The first kappa shape index (κ1) is 20.4. The smallest absolute Gasteiger partial charge is 0.350 e. The highest BCUT2D eigenvalue weighted by Crippen LogP contribution is 2.36. The van der Waals surface area contributed by atoms with Gasteiger partial charge in [-0.2, -0.15) is 0 Å². The Hall–Kier alpha value is -3.30. The fraction of sp³-hybridized carbons (Fsp3) is 0.100. The van der Waals surface area contributed by atoms with Gasteiger partial charge in [-0.3, -0.25) is 14.9 Å². The normalized spacial score (nSPS) is 10.8. The zero-order chi connectivity index (χ0) is 20.8. The third-order valence-electron chi connectivity index (χ3n) is 3.73. The van der Waals surface area contributed by atoms with Crippen LogP contribution < -0.4 is 5.32 Å². The standard InChI is InChI=1S/C20H16N2O5S2/c1-2-27-20(24)19-16(21-18(23)9-8-15-7-4-10-28-15)12-17(29-19)13-5-3-6-14(11-13)22(25)26/h3-12H,2H2,1H3,(H,21,23)/b9-8+. The van der Waals surface area contributed by atoms with E-state index in [0.717, 1.165) is 16.2 Å². The van der Waals surface area contributed by atoms with Gasteiger partial charge in [0, 0.05) is 28.0 Å². The summed E-state index contributed by atoms with van der Waals surface area (Å²) < 4.78 is 5.08. The molecule has 29 heavy (non-hydrogen) atoms. The summed E-state index contributed by atoms with van der Waals surface area (Å²) in [5.74, 6) is -0.959. The molecule has 7 nitrogen and oxygen atoms in total. The number of esters is 1. The average molecular weight is 428 g/mol. The number of nitro groups is 1. The van der Waals surface area contributed by atoms with Gasteiger partial charge in [-0.05, 0) is 36.1 Å². The molecule has 1 aromatic carbocycles. The highest BCUT2D eigenvalue weighted by Gasteiger charge is 2.20. The second-order valence-electron chi connectivity index (χ2n) is 5.72. The lowest BCUT2D eigenvalue weighted by molar-refractivity contribution is -0.384. The fourth-order valence-corrected chi connectivity index (χ4v) is 4.09. The topological polar surface area (TPSA) is 98.5 Å². The van der Waals surface area contributed by atoms with E-state index in [1.807, 2.05) is 17.5 Å². The first-order chi connectivity index (χ1) is 14.0. The third kappa shape index (κ3) is 5.15. The number of amides is 1. The predicted octanol–water partition coefficient (Wildman–Crippen LogP) is 5.21. The maximum atomic E-state index is 12.3. The number of nitro benzene ring substituents is 1. The van der Waals surface area contributed by atoms with Crippen molar-refractivity contribution in [2.75, 3.05) is 11.9 Å². The van der Waals surface area contributed by atoms with Crippen LogP contribution in [0.5, 0.6) is 0 Å². The molecule has 0 spiro atoms. The molecule has 148 valence electrons. The number of ether oxygens (including phenoxy) is 1. The molecule has 0 radical (unpaired) electrons. The molecule has 0 aliphatic carbocycles. The highest BCUT2D eigenvalue weighted by molar-refractivity contribution is 7.18. The minimum Gasteiger partial charge on any atom is -0.462 e. The number of thiophene rings is 2. The van der Waals surface area contributed by atoms with Gasteiger partial charge in [-0.25, -0.2) is 4.79 Å². The molecular weight excluding hydrogens is 412 g/mol. The summed E-state index contributed by atoms with van der Waals surface area (Å²) >= 11 is 2.60. The van der Waals surface area contributed by atoms with Crippen LogP contribution in [-0.4, -0.2) is 23.4 Å². The Labute approximate surface area is 174 Å². The van der Waals surface area contributed by atoms with Crippen LogP contribution in [0.1, 0.15) is 21.5 Å². The fourth-order valence-electron chi connectivity index (χ4n) is 2.47. The van der Waals surface area contributed by atoms with Crippen molar-refractivity contribution in [1.29, 1.82) is 0 Å². The minimum atomic E-state index is -0.563. The Kier molecular flexibility index (Phi) is 6.53. The maximum absolute atomic E-state index is 12.3. The summed E-state index contributed by atoms with van der Waals surface area (Å²) in [4.78, 5) is 36.9. The summed E-state index contributed by atoms with van der Waals surface area (Å²) in [5.41, 5.74) is 0.818. The number of carbonyl (C=O) groups is 2. The van der Waals surface area contributed by atoms with E-state index in [1.165, 1.54) is 29.5 Å². The molecule has 0 aliphatic rings. The van der Waals surface area contributed by atoms with E-state index in [-0.39, 0.29) is 17.2 Å². The molecule has 0 aliphatic heterocycles. The van der Waals surface area contributed by atoms with Gasteiger partial charge in [0.15, 0.2) is 0 Å². The van der Waals surface area contributed by atoms with Gasteiger partial charge in [0.2, 0.25) is 5.91 Å². The molecule has 2 aromatic heterocycles. The van der Waals surface area contributed by atoms with Gasteiger partial charge in [0.1, 0.15) is 4.88 Å². The van der Waals surface area contributed by atoms with Crippen molar-refractivity contribution in [3.8, 4) is 10.4 Å². The Bertz CT molecular complexity index is 1070. The van der Waals surface area contributed by atoms with Gasteiger partial charge >= 0.3 is 5.97 Å². The summed E-state index contributed by atoms with van der Waals surface area (Å²) in [7, 11) is 0. The number of benzene rings is 1. The molecule has 1 amide bonds. The number of hydrogen-bond donors (Lipinski definition) is 1. The summed E-state index contributed by atoms with van der Waals surface area (Å²) in [6, 6.07) is 11.5. The molecule has 0 atom stereocenters. The zero-order valence-electron chi connectivity index (χ0n) is 15.3. The molecular formula is C20H16N2O5S2. The van der Waals surface area contributed by atoms with Gasteiger partial charge in [-0.1, -0.05) is 18.2 Å². The molecule has 2 heterocycles. The number of anilines is 1. The van der Waals surface area contributed by atoms with Crippen LogP contribution >= 0.6 is 22.7 Å². The van der Waals surface area contributed by atoms with Gasteiger partial charge in [0.05, 0.1) is 17.2 Å². The van der Waals surface area contributed by atoms with E-state index in [4.69, 9.17) is 4.74 Å². The molecule has 0 saturated carbocycles. The van der Waals surface area contributed by atoms with Crippen molar-refractivity contribution in [1.82, 2.24) is 0 Å². The number of nitrogens with zero attached hydrogens (tertiary/aromatic N) is 1.